The van der Waals surface area contributed by atoms with Crippen LogP contribution in [0, 0.1) is 0 Å². The number of amides is 1. The van der Waals surface area contributed by atoms with Crippen molar-refractivity contribution in [1.82, 2.24) is 4.90 Å². The summed E-state index contributed by atoms with van der Waals surface area (Å²) in [6.45, 7) is 7.03. The van der Waals surface area contributed by atoms with Crippen LogP contribution in [-0.4, -0.2) is 57.2 Å². The molecule has 0 aliphatic heterocycles. The van der Waals surface area contributed by atoms with Crippen LogP contribution >= 0.6 is 0 Å². The molecule has 0 spiro atoms. The minimum absolute atomic E-state index is 0.291. The molecule has 1 amide bonds. The second-order valence-electron chi connectivity index (χ2n) is 6.26. The standard InChI is InChI=1S/C22H28N2O5/c1-5-24(6-2)13-14-29-22(26)16-7-10-18(11-8-16)23-21(25)17-9-12-19(27-3)20(15-17)28-4/h7-12,15H,5-6,13-14H2,1-4H3,(H,23,25). The minimum atomic E-state index is -0.380. The monoisotopic (exact) mass is 400 g/mol. The van der Waals surface area contributed by atoms with Gasteiger partial charge in [-0.15, -0.1) is 0 Å². The first-order valence-corrected chi connectivity index (χ1v) is 9.55. The molecule has 0 aliphatic carbocycles. The first kappa shape index (κ1) is 22.2. The molecular weight excluding hydrogens is 372 g/mol. The van der Waals surface area contributed by atoms with Crippen LogP contribution in [0.25, 0.3) is 0 Å². The predicted octanol–water partition coefficient (Wildman–Crippen LogP) is 3.45. The van der Waals surface area contributed by atoms with Gasteiger partial charge in [-0.1, -0.05) is 13.8 Å². The molecule has 0 aromatic heterocycles. The number of likely N-dealkylation sites (N-methyl/N-ethyl adjacent to an activating group) is 1. The number of hydrogen-bond acceptors (Lipinski definition) is 6. The van der Waals surface area contributed by atoms with Crippen LogP contribution in [0.1, 0.15) is 34.6 Å². The van der Waals surface area contributed by atoms with Gasteiger partial charge in [0.05, 0.1) is 19.8 Å². The Morgan fingerprint density at radius 2 is 1.52 bits per heavy atom. The quantitative estimate of drug-likeness (QED) is 0.616. The average molecular weight is 400 g/mol. The zero-order valence-corrected chi connectivity index (χ0v) is 17.4. The highest BCUT2D eigenvalue weighted by Crippen LogP contribution is 2.27. The molecule has 2 aromatic carbocycles. The van der Waals surface area contributed by atoms with Crippen LogP contribution in [0.5, 0.6) is 11.5 Å². The summed E-state index contributed by atoms with van der Waals surface area (Å²) < 4.78 is 15.7. The predicted molar refractivity (Wildman–Crippen MR) is 112 cm³/mol. The lowest BCUT2D eigenvalue weighted by molar-refractivity contribution is 0.0466. The molecule has 2 aromatic rings. The van der Waals surface area contributed by atoms with Crippen molar-refractivity contribution in [2.24, 2.45) is 0 Å². The van der Waals surface area contributed by atoms with Crippen molar-refractivity contribution in [2.75, 3.05) is 45.8 Å². The molecule has 0 bridgehead atoms. The molecule has 0 saturated carbocycles. The fourth-order valence-electron chi connectivity index (χ4n) is 2.76. The number of methoxy groups -OCH3 is 2. The summed E-state index contributed by atoms with van der Waals surface area (Å²) in [5.74, 6) is 0.353. The molecule has 7 heteroatoms. The molecular formula is C22H28N2O5. The zero-order chi connectivity index (χ0) is 21.2. The van der Waals surface area contributed by atoms with Gasteiger partial charge in [0.25, 0.3) is 5.91 Å². The Bertz CT molecular complexity index is 816. The Balaban J connectivity index is 1.94. The van der Waals surface area contributed by atoms with E-state index in [1.165, 1.54) is 14.2 Å². The van der Waals surface area contributed by atoms with Gasteiger partial charge in [0.1, 0.15) is 6.61 Å². The Morgan fingerprint density at radius 3 is 2.10 bits per heavy atom. The lowest BCUT2D eigenvalue weighted by Crippen LogP contribution is -2.27. The van der Waals surface area contributed by atoms with Gasteiger partial charge in [-0.05, 0) is 55.6 Å². The van der Waals surface area contributed by atoms with E-state index in [1.54, 1.807) is 42.5 Å². The third-order valence-corrected chi connectivity index (χ3v) is 4.56. The van der Waals surface area contributed by atoms with Crippen LogP contribution < -0.4 is 14.8 Å². The highest BCUT2D eigenvalue weighted by molar-refractivity contribution is 6.04. The van der Waals surface area contributed by atoms with Crippen molar-refractivity contribution in [3.05, 3.63) is 53.6 Å². The fraction of sp³-hybridized carbons (Fsp3) is 0.364. The normalized spacial score (nSPS) is 10.5. The maximum absolute atomic E-state index is 12.5. The molecule has 0 saturated heterocycles. The van der Waals surface area contributed by atoms with Crippen molar-refractivity contribution in [3.8, 4) is 11.5 Å². The lowest BCUT2D eigenvalue weighted by Gasteiger charge is -2.17. The summed E-state index contributed by atoms with van der Waals surface area (Å²) in [5.41, 5.74) is 1.45. The molecule has 2 rings (SSSR count). The minimum Gasteiger partial charge on any atom is -0.493 e. The maximum Gasteiger partial charge on any atom is 0.338 e. The third-order valence-electron chi connectivity index (χ3n) is 4.56. The fourth-order valence-corrected chi connectivity index (χ4v) is 2.76. The lowest BCUT2D eigenvalue weighted by atomic mass is 10.1. The number of ether oxygens (including phenoxy) is 3. The van der Waals surface area contributed by atoms with Crippen molar-refractivity contribution in [2.45, 2.75) is 13.8 Å². The van der Waals surface area contributed by atoms with Crippen LogP contribution in [-0.2, 0) is 4.74 Å². The summed E-state index contributed by atoms with van der Waals surface area (Å²) >= 11 is 0. The van der Waals surface area contributed by atoms with Gasteiger partial charge in [-0.2, -0.15) is 0 Å². The first-order valence-electron chi connectivity index (χ1n) is 9.55. The molecule has 156 valence electrons. The van der Waals surface area contributed by atoms with Gasteiger partial charge in [-0.25, -0.2) is 4.79 Å². The number of nitrogens with zero attached hydrogens (tertiary/aromatic N) is 1. The van der Waals surface area contributed by atoms with Gasteiger partial charge in [0.2, 0.25) is 0 Å². The van der Waals surface area contributed by atoms with Gasteiger partial charge in [0.15, 0.2) is 11.5 Å². The molecule has 29 heavy (non-hydrogen) atoms. The number of hydrogen-bond donors (Lipinski definition) is 1. The largest absolute Gasteiger partial charge is 0.493 e. The summed E-state index contributed by atoms with van der Waals surface area (Å²) in [4.78, 5) is 26.8. The SMILES string of the molecule is CCN(CC)CCOC(=O)c1ccc(NC(=O)c2ccc(OC)c(OC)c2)cc1. The van der Waals surface area contributed by atoms with Crippen LogP contribution in [0.3, 0.4) is 0 Å². The smallest absolute Gasteiger partial charge is 0.338 e. The molecule has 0 unspecified atom stereocenters. The Kier molecular flexibility index (Phi) is 8.48. The van der Waals surface area contributed by atoms with E-state index in [9.17, 15) is 9.59 Å². The van der Waals surface area contributed by atoms with Gasteiger partial charge in [-0.3, -0.25) is 4.79 Å². The number of esters is 1. The number of benzene rings is 2. The third kappa shape index (κ3) is 6.22. The Labute approximate surface area is 171 Å². The summed E-state index contributed by atoms with van der Waals surface area (Å²) in [6.07, 6.45) is 0. The molecule has 0 heterocycles. The van der Waals surface area contributed by atoms with E-state index in [1.807, 2.05) is 0 Å². The summed E-state index contributed by atoms with van der Waals surface area (Å²) in [5, 5.41) is 2.79. The second kappa shape index (κ2) is 11.1. The molecule has 0 radical (unpaired) electrons. The van der Waals surface area contributed by atoms with E-state index in [0.717, 1.165) is 13.1 Å². The summed E-state index contributed by atoms with van der Waals surface area (Å²) in [6, 6.07) is 11.5. The van der Waals surface area contributed by atoms with Crippen molar-refractivity contribution in [1.29, 1.82) is 0 Å². The van der Waals surface area contributed by atoms with Gasteiger partial charge in [0, 0.05) is 17.8 Å². The number of carbonyl (C=O) groups is 2. The Morgan fingerprint density at radius 1 is 0.897 bits per heavy atom. The van der Waals surface area contributed by atoms with Crippen LogP contribution in [0.2, 0.25) is 0 Å². The molecule has 0 atom stereocenters. The number of nitrogens with one attached hydrogen (secondary N) is 1. The molecule has 7 nitrogen and oxygen atoms in total. The number of rotatable bonds is 10. The second-order valence-corrected chi connectivity index (χ2v) is 6.26. The number of carbonyl (C=O) groups excluding carboxylic acids is 2. The number of anilines is 1. The summed E-state index contributed by atoms with van der Waals surface area (Å²) in [7, 11) is 3.05. The van der Waals surface area contributed by atoms with Crippen LogP contribution in [0.15, 0.2) is 42.5 Å². The van der Waals surface area contributed by atoms with E-state index < -0.39 is 0 Å². The van der Waals surface area contributed by atoms with Crippen LogP contribution in [0.4, 0.5) is 5.69 Å². The molecule has 0 aliphatic rings. The van der Waals surface area contributed by atoms with E-state index in [-0.39, 0.29) is 11.9 Å². The van der Waals surface area contributed by atoms with Crippen molar-refractivity contribution < 1.29 is 23.8 Å². The van der Waals surface area contributed by atoms with Gasteiger partial charge >= 0.3 is 5.97 Å². The highest BCUT2D eigenvalue weighted by atomic mass is 16.5. The average Bonchev–Trinajstić information content (AvgIpc) is 2.76. The topological polar surface area (TPSA) is 77.1 Å². The van der Waals surface area contributed by atoms with E-state index in [2.05, 4.69) is 24.1 Å². The van der Waals surface area contributed by atoms with Gasteiger partial charge < -0.3 is 24.4 Å². The maximum atomic E-state index is 12.5. The first-order chi connectivity index (χ1) is 14.0. The van der Waals surface area contributed by atoms with E-state index in [0.29, 0.717) is 41.5 Å². The van der Waals surface area contributed by atoms with E-state index >= 15 is 0 Å². The highest BCUT2D eigenvalue weighted by Gasteiger charge is 2.12. The van der Waals surface area contributed by atoms with Crippen molar-refractivity contribution in [3.63, 3.8) is 0 Å². The zero-order valence-electron chi connectivity index (χ0n) is 17.4. The molecule has 0 fully saturated rings. The molecule has 1 N–H and O–H groups in total. The Hall–Kier alpha value is -3.06. The van der Waals surface area contributed by atoms with Crippen molar-refractivity contribution >= 4 is 17.6 Å². The van der Waals surface area contributed by atoms with E-state index in [4.69, 9.17) is 14.2 Å².